The highest BCUT2D eigenvalue weighted by molar-refractivity contribution is 5.19. The third-order valence-corrected chi connectivity index (χ3v) is 3.95. The lowest BCUT2D eigenvalue weighted by molar-refractivity contribution is 0.243. The summed E-state index contributed by atoms with van der Waals surface area (Å²) in [6.07, 6.45) is 6.02. The second-order valence-corrected chi connectivity index (χ2v) is 6.16. The number of aryl methyl sites for hydroxylation is 1. The van der Waals surface area contributed by atoms with Crippen molar-refractivity contribution in [2.75, 3.05) is 27.2 Å². The van der Waals surface area contributed by atoms with Crippen LogP contribution in [0.2, 0.25) is 0 Å². The molecule has 0 spiro atoms. The first-order valence-corrected chi connectivity index (χ1v) is 8.38. The maximum absolute atomic E-state index is 4.57. The van der Waals surface area contributed by atoms with Crippen LogP contribution in [0.1, 0.15) is 30.3 Å². The Morgan fingerprint density at radius 2 is 1.61 bits per heavy atom. The van der Waals surface area contributed by atoms with Crippen LogP contribution in [-0.4, -0.2) is 47.0 Å². The minimum Gasteiger partial charge on any atom is -0.299 e. The molecule has 0 radical (unpaired) electrons. The van der Waals surface area contributed by atoms with Gasteiger partial charge < -0.3 is 0 Å². The van der Waals surface area contributed by atoms with Crippen LogP contribution in [0.15, 0.2) is 42.7 Å². The lowest BCUT2D eigenvalue weighted by atomic mass is 10.1. The summed E-state index contributed by atoms with van der Waals surface area (Å²) in [4.78, 5) is 13.6. The van der Waals surface area contributed by atoms with Crippen molar-refractivity contribution in [1.29, 1.82) is 0 Å². The van der Waals surface area contributed by atoms with Gasteiger partial charge in [-0.15, -0.1) is 0 Å². The van der Waals surface area contributed by atoms with Gasteiger partial charge >= 0.3 is 0 Å². The zero-order chi connectivity index (χ0) is 16.5. The van der Waals surface area contributed by atoms with Gasteiger partial charge in [-0.2, -0.15) is 0 Å². The number of nitrogens with zero attached hydrogens (tertiary/aromatic N) is 4. The van der Waals surface area contributed by atoms with E-state index in [0.29, 0.717) is 0 Å². The van der Waals surface area contributed by atoms with Gasteiger partial charge in [0.25, 0.3) is 0 Å². The van der Waals surface area contributed by atoms with E-state index in [-0.39, 0.29) is 0 Å². The van der Waals surface area contributed by atoms with E-state index >= 15 is 0 Å². The van der Waals surface area contributed by atoms with E-state index in [1.807, 2.05) is 30.6 Å². The largest absolute Gasteiger partial charge is 0.299 e. The Kier molecular flexibility index (Phi) is 7.17. The molecule has 0 bridgehead atoms. The van der Waals surface area contributed by atoms with E-state index in [1.165, 1.54) is 11.3 Å². The Hall–Kier alpha value is -1.78. The molecule has 23 heavy (non-hydrogen) atoms. The molecule has 0 amide bonds. The van der Waals surface area contributed by atoms with Crippen LogP contribution in [0.25, 0.3) is 0 Å². The van der Waals surface area contributed by atoms with Gasteiger partial charge in [0.1, 0.15) is 0 Å². The fourth-order valence-electron chi connectivity index (χ4n) is 2.63. The topological polar surface area (TPSA) is 32.3 Å². The van der Waals surface area contributed by atoms with E-state index < -0.39 is 0 Å². The number of hydrogen-bond acceptors (Lipinski definition) is 4. The van der Waals surface area contributed by atoms with Crippen molar-refractivity contribution in [2.24, 2.45) is 0 Å². The summed E-state index contributed by atoms with van der Waals surface area (Å²) < 4.78 is 0. The molecule has 124 valence electrons. The number of likely N-dealkylation sites (N-methyl/N-ethyl adjacent to an activating group) is 2. The molecule has 0 N–H and O–H groups in total. The van der Waals surface area contributed by atoms with Crippen LogP contribution < -0.4 is 0 Å². The first kappa shape index (κ1) is 17.6. The van der Waals surface area contributed by atoms with Gasteiger partial charge in [0.2, 0.25) is 0 Å². The predicted octanol–water partition coefficient (Wildman–Crippen LogP) is 2.99. The number of hydrogen-bond donors (Lipinski definition) is 0. The fourth-order valence-corrected chi connectivity index (χ4v) is 2.63. The summed E-state index contributed by atoms with van der Waals surface area (Å²) in [5.74, 6) is 0. The molecule has 4 nitrogen and oxygen atoms in total. The third-order valence-electron chi connectivity index (χ3n) is 3.95. The zero-order valence-corrected chi connectivity index (χ0v) is 14.6. The second-order valence-electron chi connectivity index (χ2n) is 6.16. The molecular weight excluding hydrogens is 284 g/mol. The molecule has 0 fully saturated rings. The van der Waals surface area contributed by atoms with Crippen LogP contribution >= 0.6 is 0 Å². The van der Waals surface area contributed by atoms with Crippen molar-refractivity contribution >= 4 is 0 Å². The predicted molar refractivity (Wildman–Crippen MR) is 95.1 cm³/mol. The van der Waals surface area contributed by atoms with Gasteiger partial charge in [0.05, 0.1) is 11.4 Å². The Bertz CT molecular complexity index is 571. The molecular formula is C19H28N4. The average molecular weight is 312 g/mol. The molecule has 2 aromatic rings. The summed E-state index contributed by atoms with van der Waals surface area (Å²) in [6, 6.07) is 10.3. The lowest BCUT2D eigenvalue weighted by Gasteiger charge is -2.22. The second kappa shape index (κ2) is 9.38. The van der Waals surface area contributed by atoms with Crippen molar-refractivity contribution in [3.63, 3.8) is 0 Å². The van der Waals surface area contributed by atoms with Crippen LogP contribution in [0.4, 0.5) is 0 Å². The molecule has 0 saturated heterocycles. The van der Waals surface area contributed by atoms with Crippen molar-refractivity contribution in [3.05, 3.63) is 59.7 Å². The molecule has 4 heteroatoms. The van der Waals surface area contributed by atoms with E-state index in [4.69, 9.17) is 0 Å². The van der Waals surface area contributed by atoms with Crippen LogP contribution in [0.3, 0.4) is 0 Å². The van der Waals surface area contributed by atoms with E-state index in [0.717, 1.165) is 44.7 Å². The number of pyridine rings is 2. The van der Waals surface area contributed by atoms with Crippen LogP contribution in [0, 0.1) is 0 Å². The Balaban J connectivity index is 1.79. The molecule has 0 aromatic carbocycles. The van der Waals surface area contributed by atoms with E-state index in [2.05, 4.69) is 52.9 Å². The van der Waals surface area contributed by atoms with Crippen molar-refractivity contribution in [2.45, 2.75) is 32.9 Å². The maximum Gasteiger partial charge on any atom is 0.0575 e. The molecule has 2 heterocycles. The Morgan fingerprint density at radius 1 is 0.870 bits per heavy atom. The van der Waals surface area contributed by atoms with Gasteiger partial charge in [-0.3, -0.25) is 19.8 Å². The SMILES string of the molecule is CCCc1cccnc1CN(C)CCN(C)Cc1ccccn1. The summed E-state index contributed by atoms with van der Waals surface area (Å²) in [6.45, 7) is 6.05. The maximum atomic E-state index is 4.57. The Morgan fingerprint density at radius 3 is 2.30 bits per heavy atom. The van der Waals surface area contributed by atoms with Gasteiger partial charge in [-0.1, -0.05) is 25.5 Å². The van der Waals surface area contributed by atoms with Crippen LogP contribution in [0.5, 0.6) is 0 Å². The number of rotatable bonds is 9. The first-order chi connectivity index (χ1) is 11.2. The summed E-state index contributed by atoms with van der Waals surface area (Å²) in [5, 5.41) is 0. The zero-order valence-electron chi connectivity index (χ0n) is 14.6. The van der Waals surface area contributed by atoms with Crippen molar-refractivity contribution in [1.82, 2.24) is 19.8 Å². The normalized spacial score (nSPS) is 11.3. The minimum atomic E-state index is 0.888. The molecule has 0 aliphatic rings. The van der Waals surface area contributed by atoms with Gasteiger partial charge in [0, 0.05) is 38.6 Å². The highest BCUT2D eigenvalue weighted by Gasteiger charge is 2.08. The van der Waals surface area contributed by atoms with Crippen LogP contribution in [-0.2, 0) is 19.5 Å². The summed E-state index contributed by atoms with van der Waals surface area (Å²) in [7, 11) is 4.31. The smallest absolute Gasteiger partial charge is 0.0575 e. The summed E-state index contributed by atoms with van der Waals surface area (Å²) in [5.41, 5.74) is 3.71. The highest BCUT2D eigenvalue weighted by atomic mass is 15.2. The minimum absolute atomic E-state index is 0.888. The molecule has 0 unspecified atom stereocenters. The van der Waals surface area contributed by atoms with Gasteiger partial charge in [-0.05, 0) is 44.3 Å². The number of aromatic nitrogens is 2. The third kappa shape index (κ3) is 6.08. The quantitative estimate of drug-likeness (QED) is 0.712. The van der Waals surface area contributed by atoms with E-state index in [9.17, 15) is 0 Å². The molecule has 2 aromatic heterocycles. The highest BCUT2D eigenvalue weighted by Crippen LogP contribution is 2.10. The van der Waals surface area contributed by atoms with E-state index in [1.54, 1.807) is 0 Å². The molecule has 0 aliphatic heterocycles. The lowest BCUT2D eigenvalue weighted by Crippen LogP contribution is -2.31. The monoisotopic (exact) mass is 312 g/mol. The van der Waals surface area contributed by atoms with Crippen molar-refractivity contribution < 1.29 is 0 Å². The standard InChI is InChI=1S/C19H28N4/c1-4-8-17-9-7-12-21-19(17)16-23(3)14-13-22(2)15-18-10-5-6-11-20-18/h5-7,9-12H,4,8,13-16H2,1-3H3. The molecule has 0 atom stereocenters. The van der Waals surface area contributed by atoms with Crippen molar-refractivity contribution in [3.8, 4) is 0 Å². The van der Waals surface area contributed by atoms with Gasteiger partial charge in [-0.25, -0.2) is 0 Å². The average Bonchev–Trinajstić information content (AvgIpc) is 2.56. The van der Waals surface area contributed by atoms with Gasteiger partial charge in [0.15, 0.2) is 0 Å². The Labute approximate surface area is 140 Å². The molecule has 2 rings (SSSR count). The first-order valence-electron chi connectivity index (χ1n) is 8.38. The molecule has 0 saturated carbocycles. The fraction of sp³-hybridized carbons (Fsp3) is 0.474. The summed E-state index contributed by atoms with van der Waals surface area (Å²) >= 11 is 0. The molecule has 0 aliphatic carbocycles.